The molecule has 0 radical (unpaired) electrons. The third-order valence-corrected chi connectivity index (χ3v) is 7.23. The summed E-state index contributed by atoms with van der Waals surface area (Å²) in [5, 5.41) is 16.0. The SMILES string of the molecule is Cc1cc(Oc2nccc(NC3CCCCO3)c2C=N)ccc1-c1c(C)nn(C2CCCCO2)c(=O)c1C. The van der Waals surface area contributed by atoms with Gasteiger partial charge >= 0.3 is 0 Å². The zero-order valence-corrected chi connectivity index (χ0v) is 22.3. The fourth-order valence-electron chi connectivity index (χ4n) is 5.24. The first kappa shape index (κ1) is 26.1. The van der Waals surface area contributed by atoms with Crippen LogP contribution in [0.15, 0.2) is 35.3 Å². The summed E-state index contributed by atoms with van der Waals surface area (Å²) >= 11 is 0. The van der Waals surface area contributed by atoms with E-state index in [0.29, 0.717) is 29.4 Å². The summed E-state index contributed by atoms with van der Waals surface area (Å²) in [7, 11) is 0. The van der Waals surface area contributed by atoms with Crippen LogP contribution in [0.5, 0.6) is 11.6 Å². The molecule has 0 saturated carbocycles. The van der Waals surface area contributed by atoms with Crippen molar-refractivity contribution < 1.29 is 14.2 Å². The largest absolute Gasteiger partial charge is 0.438 e. The van der Waals surface area contributed by atoms with Gasteiger partial charge < -0.3 is 24.9 Å². The second kappa shape index (κ2) is 11.4. The molecule has 0 bridgehead atoms. The second-order valence-corrected chi connectivity index (χ2v) is 9.96. The summed E-state index contributed by atoms with van der Waals surface area (Å²) < 4.78 is 19.3. The molecule has 0 aliphatic carbocycles. The van der Waals surface area contributed by atoms with Gasteiger partial charge in [0.25, 0.3) is 5.56 Å². The molecule has 5 rings (SSSR count). The standard InChI is InChI=1S/C29H35N5O4/c1-18-16-21(38-28-23(17-30)24(12-13-31-28)32-25-8-4-6-14-36-25)10-11-22(18)27-19(2)29(35)34(33-20(27)3)26-9-5-7-15-37-26/h10-13,16-17,25-26,30H,4-9,14-15H2,1-3H3,(H,31,32). The Bertz CT molecular complexity index is 1370. The normalized spacial score (nSPS) is 19.7. The van der Waals surface area contributed by atoms with Gasteiger partial charge in [0, 0.05) is 36.8 Å². The highest BCUT2D eigenvalue weighted by Gasteiger charge is 2.23. The molecule has 9 heteroatoms. The number of hydrogen-bond acceptors (Lipinski definition) is 8. The lowest BCUT2D eigenvalue weighted by Gasteiger charge is -2.25. The summed E-state index contributed by atoms with van der Waals surface area (Å²) in [6.07, 6.45) is 8.46. The highest BCUT2D eigenvalue weighted by atomic mass is 16.5. The van der Waals surface area contributed by atoms with Gasteiger partial charge in [-0.25, -0.2) is 9.67 Å². The van der Waals surface area contributed by atoms with Crippen LogP contribution < -0.4 is 15.6 Å². The second-order valence-electron chi connectivity index (χ2n) is 9.96. The van der Waals surface area contributed by atoms with Gasteiger partial charge in [-0.15, -0.1) is 0 Å². The zero-order valence-electron chi connectivity index (χ0n) is 22.3. The molecule has 2 N–H and O–H groups in total. The van der Waals surface area contributed by atoms with Crippen LogP contribution >= 0.6 is 0 Å². The molecular weight excluding hydrogens is 482 g/mol. The van der Waals surface area contributed by atoms with E-state index in [0.717, 1.165) is 73.2 Å². The van der Waals surface area contributed by atoms with Crippen LogP contribution in [0.2, 0.25) is 0 Å². The van der Waals surface area contributed by atoms with Gasteiger partial charge in [0.15, 0.2) is 6.23 Å². The Labute approximate surface area is 222 Å². The number of nitrogens with zero attached hydrogens (tertiary/aromatic N) is 3. The summed E-state index contributed by atoms with van der Waals surface area (Å²) in [5.41, 5.74) is 5.34. The van der Waals surface area contributed by atoms with Crippen LogP contribution in [0, 0.1) is 26.2 Å². The molecule has 3 aromatic rings. The predicted octanol–water partition coefficient (Wildman–Crippen LogP) is 5.66. The van der Waals surface area contributed by atoms with E-state index in [1.54, 1.807) is 6.20 Å². The Morgan fingerprint density at radius 1 is 1.08 bits per heavy atom. The van der Waals surface area contributed by atoms with Crippen LogP contribution in [0.25, 0.3) is 11.1 Å². The maximum absolute atomic E-state index is 13.2. The predicted molar refractivity (Wildman–Crippen MR) is 146 cm³/mol. The van der Waals surface area contributed by atoms with Crippen LogP contribution in [-0.4, -0.2) is 40.4 Å². The third-order valence-electron chi connectivity index (χ3n) is 7.23. The number of nitrogens with one attached hydrogen (secondary N) is 2. The molecule has 2 fully saturated rings. The van der Waals surface area contributed by atoms with E-state index < -0.39 is 0 Å². The number of pyridine rings is 1. The minimum absolute atomic E-state index is 0.0838. The summed E-state index contributed by atoms with van der Waals surface area (Å²) in [5.74, 6) is 0.942. The quantitative estimate of drug-likeness (QED) is 0.389. The Kier molecular flexibility index (Phi) is 7.85. The first-order chi connectivity index (χ1) is 18.5. The van der Waals surface area contributed by atoms with E-state index in [9.17, 15) is 4.79 Å². The molecule has 9 nitrogen and oxygen atoms in total. The first-order valence-electron chi connectivity index (χ1n) is 13.3. The number of hydrogen-bond donors (Lipinski definition) is 2. The lowest BCUT2D eigenvalue weighted by atomic mass is 9.96. The van der Waals surface area contributed by atoms with E-state index in [2.05, 4.69) is 15.4 Å². The maximum atomic E-state index is 13.2. The van der Waals surface area contributed by atoms with Crippen molar-refractivity contribution in [3.63, 3.8) is 0 Å². The van der Waals surface area contributed by atoms with Gasteiger partial charge in [0.2, 0.25) is 5.88 Å². The minimum atomic E-state index is -0.301. The fraction of sp³-hybridized carbons (Fsp3) is 0.448. The highest BCUT2D eigenvalue weighted by molar-refractivity contribution is 5.88. The molecule has 200 valence electrons. The van der Waals surface area contributed by atoms with E-state index >= 15 is 0 Å². The van der Waals surface area contributed by atoms with Crippen molar-refractivity contribution in [2.45, 2.75) is 71.8 Å². The van der Waals surface area contributed by atoms with Crippen molar-refractivity contribution in [2.75, 3.05) is 18.5 Å². The number of ether oxygens (including phenoxy) is 3. The Morgan fingerprint density at radius 2 is 1.87 bits per heavy atom. The number of benzene rings is 1. The van der Waals surface area contributed by atoms with E-state index in [1.165, 1.54) is 10.9 Å². The van der Waals surface area contributed by atoms with Crippen LogP contribution in [0.4, 0.5) is 5.69 Å². The van der Waals surface area contributed by atoms with Gasteiger partial charge in [0.05, 0.1) is 16.9 Å². The molecule has 2 aromatic heterocycles. The molecular formula is C29H35N5O4. The van der Waals surface area contributed by atoms with Crippen molar-refractivity contribution in [3.8, 4) is 22.8 Å². The number of aryl methyl sites for hydroxylation is 2. The summed E-state index contributed by atoms with van der Waals surface area (Å²) in [6, 6.07) is 7.56. The monoisotopic (exact) mass is 517 g/mol. The minimum Gasteiger partial charge on any atom is -0.438 e. The molecule has 2 aliphatic heterocycles. The Morgan fingerprint density at radius 3 is 2.55 bits per heavy atom. The lowest BCUT2D eigenvalue weighted by Crippen LogP contribution is -2.33. The van der Waals surface area contributed by atoms with Crippen molar-refractivity contribution >= 4 is 11.9 Å². The van der Waals surface area contributed by atoms with Crippen molar-refractivity contribution in [3.05, 3.63) is 63.2 Å². The number of rotatable bonds is 7. The Balaban J connectivity index is 1.41. The maximum Gasteiger partial charge on any atom is 0.272 e. The van der Waals surface area contributed by atoms with Gasteiger partial charge in [-0.1, -0.05) is 6.07 Å². The molecule has 0 spiro atoms. The number of anilines is 1. The van der Waals surface area contributed by atoms with E-state index in [1.807, 2.05) is 45.0 Å². The van der Waals surface area contributed by atoms with Crippen molar-refractivity contribution in [2.24, 2.45) is 0 Å². The van der Waals surface area contributed by atoms with Gasteiger partial charge in [-0.05, 0) is 88.6 Å². The molecule has 1 aromatic carbocycles. The first-order valence-corrected chi connectivity index (χ1v) is 13.3. The summed E-state index contributed by atoms with van der Waals surface area (Å²) in [4.78, 5) is 17.6. The van der Waals surface area contributed by atoms with Crippen LogP contribution in [0.1, 0.15) is 67.1 Å². The van der Waals surface area contributed by atoms with Crippen LogP contribution in [-0.2, 0) is 9.47 Å². The van der Waals surface area contributed by atoms with Crippen LogP contribution in [0.3, 0.4) is 0 Å². The van der Waals surface area contributed by atoms with E-state index in [-0.39, 0.29) is 18.0 Å². The fourth-order valence-corrected chi connectivity index (χ4v) is 5.24. The molecule has 2 saturated heterocycles. The van der Waals surface area contributed by atoms with Crippen molar-refractivity contribution in [1.29, 1.82) is 5.41 Å². The average molecular weight is 518 g/mol. The Hall–Kier alpha value is -3.56. The molecule has 38 heavy (non-hydrogen) atoms. The number of aromatic nitrogens is 3. The average Bonchev–Trinajstić information content (AvgIpc) is 2.93. The van der Waals surface area contributed by atoms with Gasteiger partial charge in [-0.2, -0.15) is 5.10 Å². The van der Waals surface area contributed by atoms with E-state index in [4.69, 9.17) is 19.6 Å². The molecule has 2 atom stereocenters. The van der Waals surface area contributed by atoms with Crippen molar-refractivity contribution in [1.82, 2.24) is 14.8 Å². The smallest absolute Gasteiger partial charge is 0.272 e. The lowest BCUT2D eigenvalue weighted by molar-refractivity contribution is -0.0428. The topological polar surface area (TPSA) is 111 Å². The highest BCUT2D eigenvalue weighted by Crippen LogP contribution is 2.34. The van der Waals surface area contributed by atoms with Gasteiger partial charge in [-0.3, -0.25) is 4.79 Å². The van der Waals surface area contributed by atoms with Gasteiger partial charge in [0.1, 0.15) is 12.0 Å². The third kappa shape index (κ3) is 5.35. The molecule has 0 amide bonds. The molecule has 2 aliphatic rings. The zero-order chi connectivity index (χ0) is 26.6. The molecule has 4 heterocycles. The summed E-state index contributed by atoms with van der Waals surface area (Å²) in [6.45, 7) is 7.15. The molecule has 2 unspecified atom stereocenters.